The van der Waals surface area contributed by atoms with Crippen LogP contribution >= 0.6 is 11.8 Å². The van der Waals surface area contributed by atoms with E-state index in [2.05, 4.69) is 10.5 Å². The predicted octanol–water partition coefficient (Wildman–Crippen LogP) is -0.161. The number of hydrogen-bond donors (Lipinski definition) is 3. The fourth-order valence-electron chi connectivity index (χ4n) is 5.09. The molecule has 4 rings (SSSR count). The van der Waals surface area contributed by atoms with Crippen LogP contribution in [0.1, 0.15) is 26.7 Å². The summed E-state index contributed by atoms with van der Waals surface area (Å²) < 4.78 is 0. The molecule has 3 N–H and O–H groups in total. The highest BCUT2D eigenvalue weighted by atomic mass is 32.2. The maximum atomic E-state index is 12.9. The molecule has 3 saturated heterocycles. The molecule has 6 atom stereocenters. The van der Waals surface area contributed by atoms with E-state index >= 15 is 0 Å². The van der Waals surface area contributed by atoms with Crippen LogP contribution in [0.25, 0.3) is 0 Å². The van der Waals surface area contributed by atoms with E-state index in [1.807, 2.05) is 6.92 Å². The minimum atomic E-state index is -1.13. The van der Waals surface area contributed by atoms with Crippen LogP contribution in [0.2, 0.25) is 0 Å². The number of thioether (sulfide) groups is 1. The molecule has 4 aliphatic heterocycles. The highest BCUT2D eigenvalue weighted by molar-refractivity contribution is 8.03. The summed E-state index contributed by atoms with van der Waals surface area (Å²) in [6.45, 7) is 5.13. The quantitative estimate of drug-likeness (QED) is 0.374. The number of aliphatic hydroxyl groups is 1. The molecule has 0 radical (unpaired) electrons. The number of carboxylic acid groups (broad SMARTS) is 1. The summed E-state index contributed by atoms with van der Waals surface area (Å²) in [6.07, 6.45) is 0.461. The molecule has 11 heteroatoms. The number of carbonyl (C=O) groups is 3. The van der Waals surface area contributed by atoms with Crippen LogP contribution in [-0.4, -0.2) is 93.7 Å². The maximum Gasteiger partial charge on any atom is 0.353 e. The third-order valence-corrected chi connectivity index (χ3v) is 8.08. The molecule has 3 fully saturated rings. The van der Waals surface area contributed by atoms with Gasteiger partial charge in [-0.15, -0.1) is 11.8 Å². The Morgan fingerprint density at radius 1 is 1.39 bits per heavy atom. The molecule has 0 spiro atoms. The maximum absolute atomic E-state index is 12.9. The lowest BCUT2D eigenvalue weighted by molar-refractivity contribution is -0.163. The standard InChI is InChI=1S/C20H28N4O6S/c1-9-15-14(10(2)25)19(27)24(15)16(20(28)29)17(9)31-12-6-13(21-7-12)18(26)23-5-4-11(8-23)22-30-3/h9-10,12-15,21,25H,4-8H2,1-3H3,(H,28,29)/b22-11-/t9-,10-,12+,13+,14-,15-/m1/s1. The molecule has 0 aromatic carbocycles. The van der Waals surface area contributed by atoms with Gasteiger partial charge in [-0.3, -0.25) is 9.59 Å². The SMILES string of the molecule is CO/N=C1/CCN(C(=O)[C@@H]2C[C@H](SC3=C(C(=O)O)N4C(=O)[C@H]([C@@H](C)O)[C@H]4[C@H]3C)CN2)C1. The van der Waals surface area contributed by atoms with Crippen molar-refractivity contribution in [3.63, 3.8) is 0 Å². The van der Waals surface area contributed by atoms with Gasteiger partial charge >= 0.3 is 5.97 Å². The molecule has 4 aliphatic rings. The molecule has 10 nitrogen and oxygen atoms in total. The van der Waals surface area contributed by atoms with Crippen molar-refractivity contribution in [2.75, 3.05) is 26.7 Å². The van der Waals surface area contributed by atoms with Crippen LogP contribution in [0, 0.1) is 11.8 Å². The summed E-state index contributed by atoms with van der Waals surface area (Å²) in [7, 11) is 1.49. The van der Waals surface area contributed by atoms with Gasteiger partial charge in [-0.1, -0.05) is 12.1 Å². The number of nitrogens with zero attached hydrogens (tertiary/aromatic N) is 3. The van der Waals surface area contributed by atoms with Gasteiger partial charge in [0.05, 0.1) is 36.4 Å². The Kier molecular flexibility index (Phi) is 6.01. The van der Waals surface area contributed by atoms with Gasteiger partial charge in [0.1, 0.15) is 12.8 Å². The van der Waals surface area contributed by atoms with Gasteiger partial charge in [-0.05, 0) is 13.3 Å². The first kappa shape index (κ1) is 22.1. The van der Waals surface area contributed by atoms with Gasteiger partial charge in [0.2, 0.25) is 11.8 Å². The Bertz CT molecular complexity index is 859. The largest absolute Gasteiger partial charge is 0.477 e. The molecule has 0 aliphatic carbocycles. The molecule has 0 aromatic rings. The number of amides is 2. The van der Waals surface area contributed by atoms with Gasteiger partial charge in [0, 0.05) is 35.6 Å². The number of fused-ring (bicyclic) bond motifs is 1. The van der Waals surface area contributed by atoms with Crippen molar-refractivity contribution in [1.82, 2.24) is 15.1 Å². The fraction of sp³-hybridized carbons (Fsp3) is 0.700. The minimum absolute atomic E-state index is 0.0180. The Morgan fingerprint density at radius 2 is 2.13 bits per heavy atom. The number of nitrogens with one attached hydrogen (secondary N) is 1. The van der Waals surface area contributed by atoms with Crippen molar-refractivity contribution in [2.45, 2.75) is 50.1 Å². The summed E-state index contributed by atoms with van der Waals surface area (Å²) in [6, 6.07) is -0.648. The Balaban J connectivity index is 1.43. The van der Waals surface area contributed by atoms with Crippen molar-refractivity contribution in [1.29, 1.82) is 0 Å². The Morgan fingerprint density at radius 3 is 2.77 bits per heavy atom. The van der Waals surface area contributed by atoms with Crippen molar-refractivity contribution in [3.05, 3.63) is 10.6 Å². The fourth-order valence-corrected chi connectivity index (χ4v) is 6.57. The summed E-state index contributed by atoms with van der Waals surface area (Å²) in [4.78, 5) is 45.8. The van der Waals surface area contributed by atoms with Crippen LogP contribution in [0.3, 0.4) is 0 Å². The molecular formula is C20H28N4O6S. The van der Waals surface area contributed by atoms with Crippen LogP contribution in [0.5, 0.6) is 0 Å². The highest BCUT2D eigenvalue weighted by Gasteiger charge is 2.60. The second-order valence-corrected chi connectivity index (χ2v) is 9.90. The van der Waals surface area contributed by atoms with Gasteiger partial charge < -0.3 is 30.2 Å². The minimum Gasteiger partial charge on any atom is -0.477 e. The van der Waals surface area contributed by atoms with Crippen molar-refractivity contribution >= 4 is 35.3 Å². The van der Waals surface area contributed by atoms with Crippen molar-refractivity contribution in [2.24, 2.45) is 17.0 Å². The molecule has 2 amide bonds. The molecule has 0 aromatic heterocycles. The molecule has 31 heavy (non-hydrogen) atoms. The normalized spacial score (nSPS) is 34.9. The van der Waals surface area contributed by atoms with Gasteiger partial charge in [0.15, 0.2) is 0 Å². The van der Waals surface area contributed by atoms with E-state index in [4.69, 9.17) is 4.84 Å². The first-order valence-electron chi connectivity index (χ1n) is 10.5. The lowest BCUT2D eigenvalue weighted by Gasteiger charge is -2.46. The number of hydrogen-bond acceptors (Lipinski definition) is 8. The van der Waals surface area contributed by atoms with E-state index in [1.165, 1.54) is 23.8 Å². The van der Waals surface area contributed by atoms with E-state index in [-0.39, 0.29) is 40.8 Å². The van der Waals surface area contributed by atoms with Crippen molar-refractivity contribution in [3.8, 4) is 0 Å². The number of aliphatic carboxylic acids is 1. The van der Waals surface area contributed by atoms with E-state index in [1.54, 1.807) is 11.8 Å². The third kappa shape index (κ3) is 3.72. The van der Waals surface area contributed by atoms with Crippen LogP contribution in [0.4, 0.5) is 0 Å². The number of carboxylic acids is 1. The van der Waals surface area contributed by atoms with Crippen molar-refractivity contribution < 1.29 is 29.4 Å². The third-order valence-electron chi connectivity index (χ3n) is 6.57. The lowest BCUT2D eigenvalue weighted by Crippen LogP contribution is -2.63. The topological polar surface area (TPSA) is 132 Å². The summed E-state index contributed by atoms with van der Waals surface area (Å²) in [5.74, 6) is -2.19. The average Bonchev–Trinajstić information content (AvgIpc) is 3.41. The van der Waals surface area contributed by atoms with Crippen LogP contribution in [-0.2, 0) is 19.2 Å². The number of likely N-dealkylation sites (tertiary alicyclic amines) is 1. The monoisotopic (exact) mass is 452 g/mol. The first-order valence-corrected chi connectivity index (χ1v) is 11.4. The highest BCUT2D eigenvalue weighted by Crippen LogP contribution is 2.51. The zero-order valence-corrected chi connectivity index (χ0v) is 18.6. The van der Waals surface area contributed by atoms with E-state index < -0.39 is 18.0 Å². The smallest absolute Gasteiger partial charge is 0.353 e. The number of β-lactam (4-membered cyclic amide) rings is 1. The van der Waals surface area contributed by atoms with E-state index in [0.717, 1.165) is 5.71 Å². The molecular weight excluding hydrogens is 424 g/mol. The number of aliphatic hydroxyl groups excluding tert-OH is 1. The molecule has 0 saturated carbocycles. The lowest BCUT2D eigenvalue weighted by atomic mass is 9.79. The zero-order valence-electron chi connectivity index (χ0n) is 17.8. The summed E-state index contributed by atoms with van der Waals surface area (Å²) in [5.41, 5.74) is 0.872. The summed E-state index contributed by atoms with van der Waals surface area (Å²) >= 11 is 1.44. The summed E-state index contributed by atoms with van der Waals surface area (Å²) in [5, 5.41) is 26.9. The molecule has 170 valence electrons. The van der Waals surface area contributed by atoms with E-state index in [0.29, 0.717) is 37.4 Å². The van der Waals surface area contributed by atoms with Crippen LogP contribution < -0.4 is 5.32 Å². The van der Waals surface area contributed by atoms with Gasteiger partial charge in [-0.25, -0.2) is 4.79 Å². The molecule has 4 heterocycles. The molecule has 0 bridgehead atoms. The number of carbonyl (C=O) groups excluding carboxylic acids is 2. The van der Waals surface area contributed by atoms with E-state index in [9.17, 15) is 24.6 Å². The second-order valence-electron chi connectivity index (χ2n) is 8.56. The Labute approximate surface area is 184 Å². The number of rotatable bonds is 6. The molecule has 0 unspecified atom stereocenters. The number of oxime groups is 1. The van der Waals surface area contributed by atoms with Gasteiger partial charge in [0.25, 0.3) is 0 Å². The Hall–Kier alpha value is -2.11. The van der Waals surface area contributed by atoms with Gasteiger partial charge in [-0.2, -0.15) is 0 Å². The first-order chi connectivity index (χ1) is 14.7. The second kappa shape index (κ2) is 8.44. The predicted molar refractivity (Wildman–Crippen MR) is 113 cm³/mol. The zero-order chi connectivity index (χ0) is 22.4. The average molecular weight is 453 g/mol. The van der Waals surface area contributed by atoms with Crippen LogP contribution in [0.15, 0.2) is 15.8 Å².